The van der Waals surface area contributed by atoms with Crippen LogP contribution in [0.25, 0.3) is 0 Å². The maximum absolute atomic E-state index is 12.4. The molecule has 0 saturated carbocycles. The van der Waals surface area contributed by atoms with Crippen LogP contribution >= 0.6 is 0 Å². The van der Waals surface area contributed by atoms with Gasteiger partial charge in [-0.2, -0.15) is 5.10 Å². The van der Waals surface area contributed by atoms with Crippen LogP contribution in [0.1, 0.15) is 25.3 Å². The molecule has 1 N–H and O–H groups in total. The zero-order valence-corrected chi connectivity index (χ0v) is 13.1. The average Bonchev–Trinajstić information content (AvgIpc) is 3.20. The first-order valence-electron chi connectivity index (χ1n) is 7.78. The van der Waals surface area contributed by atoms with Crippen molar-refractivity contribution in [2.24, 2.45) is 0 Å². The molecule has 6 nitrogen and oxygen atoms in total. The summed E-state index contributed by atoms with van der Waals surface area (Å²) in [6, 6.07) is 9.23. The Morgan fingerprint density at radius 2 is 2.09 bits per heavy atom. The van der Waals surface area contributed by atoms with Crippen molar-refractivity contribution < 1.29 is 9.59 Å². The van der Waals surface area contributed by atoms with E-state index in [4.69, 9.17) is 0 Å². The summed E-state index contributed by atoms with van der Waals surface area (Å²) in [7, 11) is 0. The topological polar surface area (TPSA) is 67.2 Å². The summed E-state index contributed by atoms with van der Waals surface area (Å²) in [4.78, 5) is 25.5. The van der Waals surface area contributed by atoms with E-state index in [0.29, 0.717) is 13.1 Å². The van der Waals surface area contributed by atoms with Crippen molar-refractivity contribution in [1.29, 1.82) is 0 Å². The molecule has 6 heteroatoms. The number of rotatable bonds is 4. The van der Waals surface area contributed by atoms with Gasteiger partial charge >= 0.3 is 0 Å². The Balaban J connectivity index is 1.61. The van der Waals surface area contributed by atoms with Crippen LogP contribution in [0, 0.1) is 0 Å². The first kappa shape index (κ1) is 15.3. The number of carbonyl (C=O) groups is 2. The summed E-state index contributed by atoms with van der Waals surface area (Å²) in [5.74, 6) is -0.158. The molecule has 1 atom stereocenters. The summed E-state index contributed by atoms with van der Waals surface area (Å²) < 4.78 is 1.84. The molecule has 2 heterocycles. The smallest absolute Gasteiger partial charge is 0.247 e. The Hall–Kier alpha value is -2.63. The zero-order chi connectivity index (χ0) is 16.2. The molecule has 0 bridgehead atoms. The molecule has 1 aromatic carbocycles. The van der Waals surface area contributed by atoms with Gasteiger partial charge in [-0.15, -0.1) is 0 Å². The minimum atomic E-state index is -0.351. The largest absolute Gasteiger partial charge is 0.331 e. The van der Waals surface area contributed by atoms with E-state index in [1.807, 2.05) is 41.2 Å². The number of aromatic nitrogens is 2. The van der Waals surface area contributed by atoms with Gasteiger partial charge in [0.1, 0.15) is 6.04 Å². The number of carbonyl (C=O) groups excluding carboxylic acids is 2. The average molecular weight is 312 g/mol. The predicted molar refractivity (Wildman–Crippen MR) is 86.8 cm³/mol. The van der Waals surface area contributed by atoms with Crippen LogP contribution in [0.15, 0.2) is 42.7 Å². The minimum Gasteiger partial charge on any atom is -0.331 e. The van der Waals surface area contributed by atoms with Crippen molar-refractivity contribution in [3.63, 3.8) is 0 Å². The number of nitrogens with one attached hydrogen (secondary N) is 1. The lowest BCUT2D eigenvalue weighted by Crippen LogP contribution is -2.42. The first-order chi connectivity index (χ1) is 11.1. The third kappa shape index (κ3) is 3.59. The van der Waals surface area contributed by atoms with E-state index >= 15 is 0 Å². The Morgan fingerprint density at radius 1 is 1.30 bits per heavy atom. The zero-order valence-electron chi connectivity index (χ0n) is 13.1. The van der Waals surface area contributed by atoms with Gasteiger partial charge in [-0.25, -0.2) is 0 Å². The van der Waals surface area contributed by atoms with Crippen molar-refractivity contribution in [1.82, 2.24) is 14.7 Å². The van der Waals surface area contributed by atoms with Crippen LogP contribution in [0.3, 0.4) is 0 Å². The molecule has 0 aliphatic carbocycles. The third-order valence-electron chi connectivity index (χ3n) is 4.09. The molecule has 1 unspecified atom stereocenters. The molecule has 3 rings (SSSR count). The molecule has 2 amide bonds. The maximum Gasteiger partial charge on any atom is 0.247 e. The Morgan fingerprint density at radius 3 is 2.74 bits per heavy atom. The number of nitrogens with zero attached hydrogens (tertiary/aromatic N) is 3. The highest BCUT2D eigenvalue weighted by molar-refractivity contribution is 5.97. The molecule has 23 heavy (non-hydrogen) atoms. The van der Waals surface area contributed by atoms with Crippen LogP contribution in [-0.4, -0.2) is 39.1 Å². The Labute approximate surface area is 135 Å². The van der Waals surface area contributed by atoms with Gasteiger partial charge in [-0.3, -0.25) is 14.3 Å². The van der Waals surface area contributed by atoms with Crippen LogP contribution in [0.4, 0.5) is 5.69 Å². The van der Waals surface area contributed by atoms with E-state index in [1.165, 1.54) is 6.92 Å². The second-order valence-electron chi connectivity index (χ2n) is 5.76. The van der Waals surface area contributed by atoms with Gasteiger partial charge in [0.05, 0.1) is 6.54 Å². The van der Waals surface area contributed by atoms with Gasteiger partial charge in [-0.05, 0) is 36.6 Å². The molecule has 0 radical (unpaired) electrons. The monoisotopic (exact) mass is 312 g/mol. The molecule has 1 aliphatic heterocycles. The number of benzene rings is 1. The standard InChI is InChI=1S/C17H20N4O2/c1-13(22)21-11-2-4-16(21)17(23)19-15-7-5-14(6-8-15)12-20-10-3-9-18-20/h3,5-10,16H,2,4,11-12H2,1H3,(H,19,23). The lowest BCUT2D eigenvalue weighted by Gasteiger charge is -2.22. The lowest BCUT2D eigenvalue weighted by molar-refractivity contribution is -0.134. The van der Waals surface area contributed by atoms with Gasteiger partial charge in [0.2, 0.25) is 11.8 Å². The lowest BCUT2D eigenvalue weighted by atomic mass is 10.1. The van der Waals surface area contributed by atoms with Gasteiger partial charge in [0, 0.05) is 31.5 Å². The second-order valence-corrected chi connectivity index (χ2v) is 5.76. The van der Waals surface area contributed by atoms with Gasteiger partial charge in [0.15, 0.2) is 0 Å². The number of anilines is 1. The number of likely N-dealkylation sites (tertiary alicyclic amines) is 1. The fraction of sp³-hybridized carbons (Fsp3) is 0.353. The molecule has 120 valence electrons. The van der Waals surface area contributed by atoms with Crippen LogP contribution in [0.5, 0.6) is 0 Å². The minimum absolute atomic E-state index is 0.0442. The molecule has 1 aromatic heterocycles. The van der Waals surface area contributed by atoms with Crippen molar-refractivity contribution in [3.05, 3.63) is 48.3 Å². The highest BCUT2D eigenvalue weighted by atomic mass is 16.2. The summed E-state index contributed by atoms with van der Waals surface area (Å²) in [5, 5.41) is 7.07. The van der Waals surface area contributed by atoms with E-state index in [0.717, 1.165) is 24.1 Å². The van der Waals surface area contributed by atoms with E-state index in [-0.39, 0.29) is 17.9 Å². The molecule has 2 aromatic rings. The van der Waals surface area contributed by atoms with E-state index in [9.17, 15) is 9.59 Å². The number of hydrogen-bond acceptors (Lipinski definition) is 3. The highest BCUT2D eigenvalue weighted by Gasteiger charge is 2.32. The summed E-state index contributed by atoms with van der Waals surface area (Å²) in [6.45, 7) is 2.87. The number of hydrogen-bond donors (Lipinski definition) is 1. The first-order valence-corrected chi connectivity index (χ1v) is 7.78. The summed E-state index contributed by atoms with van der Waals surface area (Å²) in [5.41, 5.74) is 1.85. The van der Waals surface area contributed by atoms with Crippen molar-refractivity contribution >= 4 is 17.5 Å². The maximum atomic E-state index is 12.4. The van der Waals surface area contributed by atoms with Crippen molar-refractivity contribution in [2.75, 3.05) is 11.9 Å². The summed E-state index contributed by atoms with van der Waals surface area (Å²) >= 11 is 0. The molecule has 1 fully saturated rings. The van der Waals surface area contributed by atoms with Gasteiger partial charge in [-0.1, -0.05) is 12.1 Å². The summed E-state index contributed by atoms with van der Waals surface area (Å²) in [6.07, 6.45) is 5.26. The van der Waals surface area contributed by atoms with Gasteiger partial charge < -0.3 is 10.2 Å². The van der Waals surface area contributed by atoms with E-state index < -0.39 is 0 Å². The van der Waals surface area contributed by atoms with Gasteiger partial charge in [0.25, 0.3) is 0 Å². The number of amides is 2. The molecular formula is C17H20N4O2. The SMILES string of the molecule is CC(=O)N1CCCC1C(=O)Nc1ccc(Cn2cccn2)cc1. The van der Waals surface area contributed by atoms with Crippen molar-refractivity contribution in [2.45, 2.75) is 32.4 Å². The molecule has 1 saturated heterocycles. The Kier molecular flexibility index (Phi) is 4.41. The predicted octanol–water partition coefficient (Wildman–Crippen LogP) is 1.88. The van der Waals surface area contributed by atoms with Crippen LogP contribution < -0.4 is 5.32 Å². The van der Waals surface area contributed by atoms with Crippen LogP contribution in [0.2, 0.25) is 0 Å². The van der Waals surface area contributed by atoms with Crippen LogP contribution in [-0.2, 0) is 16.1 Å². The van der Waals surface area contributed by atoms with E-state index in [2.05, 4.69) is 10.4 Å². The van der Waals surface area contributed by atoms with E-state index in [1.54, 1.807) is 11.1 Å². The normalized spacial score (nSPS) is 17.3. The molecule has 0 spiro atoms. The second kappa shape index (κ2) is 6.64. The highest BCUT2D eigenvalue weighted by Crippen LogP contribution is 2.19. The third-order valence-corrected chi connectivity index (χ3v) is 4.09. The Bertz CT molecular complexity index is 679. The molecule has 1 aliphatic rings. The molecular weight excluding hydrogens is 292 g/mol. The fourth-order valence-corrected chi connectivity index (χ4v) is 2.92. The van der Waals surface area contributed by atoms with Crippen molar-refractivity contribution in [3.8, 4) is 0 Å². The fourth-order valence-electron chi connectivity index (χ4n) is 2.92. The quantitative estimate of drug-likeness (QED) is 0.937.